The van der Waals surface area contributed by atoms with Crippen molar-refractivity contribution in [1.29, 1.82) is 0 Å². The maximum Gasteiger partial charge on any atom is 0.224 e. The van der Waals surface area contributed by atoms with Crippen molar-refractivity contribution >= 4 is 34.1 Å². The van der Waals surface area contributed by atoms with Gasteiger partial charge in [0.1, 0.15) is 5.15 Å². The highest BCUT2D eigenvalue weighted by Gasteiger charge is 2.03. The fourth-order valence-corrected chi connectivity index (χ4v) is 1.63. The first-order chi connectivity index (χ1) is 7.16. The summed E-state index contributed by atoms with van der Waals surface area (Å²) in [6, 6.07) is 5.78. The van der Waals surface area contributed by atoms with E-state index in [1.54, 1.807) is 0 Å². The third-order valence-corrected chi connectivity index (χ3v) is 2.24. The number of nitrogens with zero attached hydrogens (tertiary/aromatic N) is 2. The smallest absolute Gasteiger partial charge is 0.218 e. The molecule has 2 nitrogen and oxygen atoms in total. The maximum atomic E-state index is 5.88. The van der Waals surface area contributed by atoms with Crippen LogP contribution in [0.4, 0.5) is 0 Å². The van der Waals surface area contributed by atoms with Gasteiger partial charge in [0.2, 0.25) is 5.28 Å². The van der Waals surface area contributed by atoms with Gasteiger partial charge in [-0.15, -0.1) is 0 Å². The van der Waals surface area contributed by atoms with Gasteiger partial charge in [-0.25, -0.2) is 9.97 Å². The summed E-state index contributed by atoms with van der Waals surface area (Å²) < 4.78 is 0. The zero-order valence-electron chi connectivity index (χ0n) is 8.88. The topological polar surface area (TPSA) is 25.8 Å². The minimum atomic E-state index is 0.183. The zero-order valence-corrected chi connectivity index (χ0v) is 10.4. The molecule has 2 rings (SSSR count). The molecule has 0 amide bonds. The van der Waals surface area contributed by atoms with Crippen LogP contribution >= 0.6 is 23.2 Å². The first kappa shape index (κ1) is 12.2. The molecular formula is C11H12Cl2N2. The van der Waals surface area contributed by atoms with Gasteiger partial charge in [-0.1, -0.05) is 31.5 Å². The Kier molecular flexibility index (Phi) is 4.30. The second kappa shape index (κ2) is 5.29. The fraction of sp³-hybridized carbons (Fsp3) is 0.273. The van der Waals surface area contributed by atoms with Crippen LogP contribution in [0.2, 0.25) is 10.4 Å². The van der Waals surface area contributed by atoms with Crippen molar-refractivity contribution in [2.75, 3.05) is 0 Å². The van der Waals surface area contributed by atoms with E-state index >= 15 is 0 Å². The number of hydrogen-bond donors (Lipinski definition) is 0. The Morgan fingerprint density at radius 1 is 1.07 bits per heavy atom. The van der Waals surface area contributed by atoms with Crippen LogP contribution in [0, 0.1) is 6.92 Å². The Bertz CT molecular complexity index is 464. The van der Waals surface area contributed by atoms with Gasteiger partial charge in [0.15, 0.2) is 0 Å². The van der Waals surface area contributed by atoms with Crippen molar-refractivity contribution < 1.29 is 0 Å². The standard InChI is InChI=1S/C9H6Cl2N2.C2H6/c1-5-2-3-6-7(4-5)12-9(11)13-8(6)10;1-2/h2-4H,1H3;1-2H3. The second-order valence-electron chi connectivity index (χ2n) is 2.80. The van der Waals surface area contributed by atoms with Crippen LogP contribution in [0.3, 0.4) is 0 Å². The van der Waals surface area contributed by atoms with E-state index < -0.39 is 0 Å². The number of benzene rings is 1. The maximum absolute atomic E-state index is 5.88. The van der Waals surface area contributed by atoms with E-state index in [2.05, 4.69) is 9.97 Å². The first-order valence-corrected chi connectivity index (χ1v) is 5.52. The summed E-state index contributed by atoms with van der Waals surface area (Å²) in [6.07, 6.45) is 0. The largest absolute Gasteiger partial charge is 0.224 e. The van der Waals surface area contributed by atoms with E-state index in [0.717, 1.165) is 16.5 Å². The summed E-state index contributed by atoms with van der Waals surface area (Å²) >= 11 is 11.5. The van der Waals surface area contributed by atoms with Crippen molar-refractivity contribution in [1.82, 2.24) is 9.97 Å². The Morgan fingerprint density at radius 2 is 1.73 bits per heavy atom. The van der Waals surface area contributed by atoms with Gasteiger partial charge < -0.3 is 0 Å². The molecule has 0 N–H and O–H groups in total. The van der Waals surface area contributed by atoms with Gasteiger partial charge >= 0.3 is 0 Å². The molecule has 1 aromatic carbocycles. The molecular weight excluding hydrogens is 231 g/mol. The minimum Gasteiger partial charge on any atom is -0.218 e. The molecule has 2 aromatic rings. The molecule has 0 radical (unpaired) electrons. The van der Waals surface area contributed by atoms with Crippen LogP contribution in [0.25, 0.3) is 10.9 Å². The summed E-state index contributed by atoms with van der Waals surface area (Å²) in [5.41, 5.74) is 1.91. The average Bonchev–Trinajstić information content (AvgIpc) is 2.19. The van der Waals surface area contributed by atoms with Gasteiger partial charge in [-0.05, 0) is 36.2 Å². The molecule has 0 spiro atoms. The first-order valence-electron chi connectivity index (χ1n) is 4.76. The molecule has 0 aliphatic heterocycles. The molecule has 0 saturated carbocycles. The molecule has 80 valence electrons. The minimum absolute atomic E-state index is 0.183. The lowest BCUT2D eigenvalue weighted by atomic mass is 10.2. The van der Waals surface area contributed by atoms with Gasteiger partial charge in [-0.2, -0.15) is 0 Å². The molecule has 0 aliphatic rings. The highest BCUT2D eigenvalue weighted by molar-refractivity contribution is 6.35. The van der Waals surface area contributed by atoms with E-state index in [1.165, 1.54) is 0 Å². The number of rotatable bonds is 0. The number of halogens is 2. The lowest BCUT2D eigenvalue weighted by Crippen LogP contribution is -1.86. The Morgan fingerprint density at radius 3 is 2.40 bits per heavy atom. The number of aryl methyl sites for hydroxylation is 1. The monoisotopic (exact) mass is 242 g/mol. The highest BCUT2D eigenvalue weighted by Crippen LogP contribution is 2.22. The average molecular weight is 243 g/mol. The molecule has 1 aromatic heterocycles. The van der Waals surface area contributed by atoms with Crippen molar-refractivity contribution in [3.05, 3.63) is 34.2 Å². The van der Waals surface area contributed by atoms with E-state index in [-0.39, 0.29) is 5.28 Å². The van der Waals surface area contributed by atoms with Crippen LogP contribution in [-0.2, 0) is 0 Å². The molecule has 1 heterocycles. The van der Waals surface area contributed by atoms with E-state index in [0.29, 0.717) is 5.15 Å². The van der Waals surface area contributed by atoms with Crippen LogP contribution < -0.4 is 0 Å². The third kappa shape index (κ3) is 2.80. The summed E-state index contributed by atoms with van der Waals surface area (Å²) in [5.74, 6) is 0. The van der Waals surface area contributed by atoms with Gasteiger partial charge in [-0.3, -0.25) is 0 Å². The number of fused-ring (bicyclic) bond motifs is 1. The van der Waals surface area contributed by atoms with Crippen LogP contribution in [0.15, 0.2) is 18.2 Å². The van der Waals surface area contributed by atoms with Crippen molar-refractivity contribution in [2.24, 2.45) is 0 Å². The molecule has 0 saturated heterocycles. The fourth-order valence-electron chi connectivity index (χ4n) is 1.17. The molecule has 0 fully saturated rings. The van der Waals surface area contributed by atoms with Crippen LogP contribution in [0.1, 0.15) is 19.4 Å². The SMILES string of the molecule is CC.Cc1ccc2c(Cl)nc(Cl)nc2c1. The zero-order chi connectivity index (χ0) is 11.4. The normalized spacial score (nSPS) is 9.67. The molecule has 0 bridgehead atoms. The molecule has 0 unspecified atom stereocenters. The molecule has 15 heavy (non-hydrogen) atoms. The van der Waals surface area contributed by atoms with E-state index in [1.807, 2.05) is 39.0 Å². The molecule has 4 heteroatoms. The van der Waals surface area contributed by atoms with Crippen LogP contribution in [-0.4, -0.2) is 9.97 Å². The highest BCUT2D eigenvalue weighted by atomic mass is 35.5. The number of aromatic nitrogens is 2. The summed E-state index contributed by atoms with van der Waals surface area (Å²) in [4.78, 5) is 7.92. The third-order valence-electron chi connectivity index (χ3n) is 1.78. The lowest BCUT2D eigenvalue weighted by molar-refractivity contribution is 1.22. The molecule has 0 atom stereocenters. The van der Waals surface area contributed by atoms with Gasteiger partial charge in [0.25, 0.3) is 0 Å². The van der Waals surface area contributed by atoms with E-state index in [9.17, 15) is 0 Å². The van der Waals surface area contributed by atoms with Crippen molar-refractivity contribution in [2.45, 2.75) is 20.8 Å². The Hall–Kier alpha value is -0.860. The quantitative estimate of drug-likeness (QED) is 0.510. The van der Waals surface area contributed by atoms with E-state index in [4.69, 9.17) is 23.2 Å². The van der Waals surface area contributed by atoms with Crippen molar-refractivity contribution in [3.63, 3.8) is 0 Å². The predicted molar refractivity (Wildman–Crippen MR) is 65.6 cm³/mol. The lowest BCUT2D eigenvalue weighted by Gasteiger charge is -2.00. The predicted octanol–water partition coefficient (Wildman–Crippen LogP) is 4.27. The summed E-state index contributed by atoms with van der Waals surface area (Å²) in [5, 5.41) is 1.41. The van der Waals surface area contributed by atoms with Gasteiger partial charge in [0.05, 0.1) is 5.52 Å². The second-order valence-corrected chi connectivity index (χ2v) is 3.50. The Balaban J connectivity index is 0.000000531. The Labute approximate surface area is 99.3 Å². The number of hydrogen-bond acceptors (Lipinski definition) is 2. The van der Waals surface area contributed by atoms with Gasteiger partial charge in [0, 0.05) is 5.39 Å². The summed E-state index contributed by atoms with van der Waals surface area (Å²) in [7, 11) is 0. The van der Waals surface area contributed by atoms with Crippen molar-refractivity contribution in [3.8, 4) is 0 Å². The van der Waals surface area contributed by atoms with Crippen LogP contribution in [0.5, 0.6) is 0 Å². The summed E-state index contributed by atoms with van der Waals surface area (Å²) in [6.45, 7) is 5.99. The molecule has 0 aliphatic carbocycles.